The van der Waals surface area contributed by atoms with Crippen LogP contribution in [0.3, 0.4) is 0 Å². The van der Waals surface area contributed by atoms with Crippen molar-refractivity contribution in [1.29, 1.82) is 0 Å². The van der Waals surface area contributed by atoms with Crippen LogP contribution in [0.1, 0.15) is 25.8 Å². The fourth-order valence-electron chi connectivity index (χ4n) is 1.73. The molecular formula is C9H13N3O2. The number of hydrogen-bond acceptors (Lipinski definition) is 3. The lowest BCUT2D eigenvalue weighted by Crippen LogP contribution is -2.33. The first-order chi connectivity index (χ1) is 6.59. The predicted molar refractivity (Wildman–Crippen MR) is 53.2 cm³/mol. The molecule has 1 aliphatic rings. The maximum atomic E-state index is 11.5. The largest absolute Gasteiger partial charge is 0.385 e. The number of aromatic amines is 1. The van der Waals surface area contributed by atoms with Gasteiger partial charge in [0.05, 0.1) is 0 Å². The third kappa shape index (κ3) is 1.45. The van der Waals surface area contributed by atoms with Crippen LogP contribution in [0.4, 0.5) is 5.82 Å². The first kappa shape index (κ1) is 9.05. The molecule has 14 heavy (non-hydrogen) atoms. The minimum atomic E-state index is -0.438. The van der Waals surface area contributed by atoms with Gasteiger partial charge in [0.1, 0.15) is 5.82 Å². The van der Waals surface area contributed by atoms with Crippen LogP contribution in [0, 0.1) is 5.92 Å². The van der Waals surface area contributed by atoms with Gasteiger partial charge in [-0.3, -0.25) is 14.3 Å². The Morgan fingerprint density at radius 2 is 2.21 bits per heavy atom. The highest BCUT2D eigenvalue weighted by Crippen LogP contribution is 2.39. The minimum absolute atomic E-state index is 0.0827. The Bertz CT molecular complexity index is 456. The fraction of sp³-hybridized carbons (Fsp3) is 0.556. The first-order valence-electron chi connectivity index (χ1n) is 4.71. The van der Waals surface area contributed by atoms with Gasteiger partial charge in [-0.1, -0.05) is 0 Å². The molecule has 0 saturated heterocycles. The summed E-state index contributed by atoms with van der Waals surface area (Å²) in [6, 6.07) is 1.33. The molecule has 0 spiro atoms. The molecule has 5 heteroatoms. The smallest absolute Gasteiger partial charge is 0.330 e. The van der Waals surface area contributed by atoms with Crippen molar-refractivity contribution in [3.8, 4) is 0 Å². The maximum Gasteiger partial charge on any atom is 0.330 e. The van der Waals surface area contributed by atoms with E-state index in [9.17, 15) is 9.59 Å². The van der Waals surface area contributed by atoms with Crippen LogP contribution in [-0.4, -0.2) is 9.55 Å². The molecule has 3 N–H and O–H groups in total. The van der Waals surface area contributed by atoms with E-state index in [4.69, 9.17) is 5.73 Å². The Hall–Kier alpha value is -1.52. The van der Waals surface area contributed by atoms with Gasteiger partial charge in [0.15, 0.2) is 0 Å². The van der Waals surface area contributed by atoms with E-state index in [1.807, 2.05) is 6.92 Å². The Morgan fingerprint density at radius 1 is 1.57 bits per heavy atom. The van der Waals surface area contributed by atoms with Gasteiger partial charge in [-0.05, 0) is 25.7 Å². The minimum Gasteiger partial charge on any atom is -0.385 e. The van der Waals surface area contributed by atoms with Gasteiger partial charge in [-0.2, -0.15) is 0 Å². The average Bonchev–Trinajstić information content (AvgIpc) is 2.83. The van der Waals surface area contributed by atoms with Crippen LogP contribution in [0.15, 0.2) is 15.7 Å². The Balaban J connectivity index is 2.51. The second-order valence-electron chi connectivity index (χ2n) is 3.81. The number of nitrogens with one attached hydrogen (secondary N) is 1. The number of H-pyrrole nitrogens is 1. The summed E-state index contributed by atoms with van der Waals surface area (Å²) >= 11 is 0. The van der Waals surface area contributed by atoms with Crippen LogP contribution >= 0.6 is 0 Å². The van der Waals surface area contributed by atoms with E-state index in [0.29, 0.717) is 5.92 Å². The molecule has 1 atom stereocenters. The SMILES string of the molecule is CC(C1CC1)n1c(N)cc(=O)[nH]c1=O. The Kier molecular flexibility index (Phi) is 1.94. The van der Waals surface area contributed by atoms with E-state index in [0.717, 1.165) is 12.8 Å². The topological polar surface area (TPSA) is 80.9 Å². The van der Waals surface area contributed by atoms with E-state index in [-0.39, 0.29) is 11.9 Å². The van der Waals surface area contributed by atoms with Crippen LogP contribution in [0.5, 0.6) is 0 Å². The highest BCUT2D eigenvalue weighted by atomic mass is 16.2. The molecule has 0 amide bonds. The molecule has 1 aromatic rings. The van der Waals surface area contributed by atoms with Gasteiger partial charge in [0.2, 0.25) is 0 Å². The molecule has 1 heterocycles. The van der Waals surface area contributed by atoms with Crippen molar-refractivity contribution >= 4 is 5.82 Å². The first-order valence-corrected chi connectivity index (χ1v) is 4.71. The van der Waals surface area contributed by atoms with Gasteiger partial charge >= 0.3 is 5.69 Å². The van der Waals surface area contributed by atoms with Crippen LogP contribution < -0.4 is 17.0 Å². The summed E-state index contributed by atoms with van der Waals surface area (Å²) in [6.45, 7) is 1.95. The van der Waals surface area contributed by atoms with Crippen molar-refractivity contribution in [2.24, 2.45) is 5.92 Å². The zero-order valence-electron chi connectivity index (χ0n) is 7.99. The lowest BCUT2D eigenvalue weighted by molar-refractivity contribution is 0.468. The van der Waals surface area contributed by atoms with E-state index in [1.165, 1.54) is 10.6 Å². The molecule has 0 aliphatic heterocycles. The molecule has 0 aromatic carbocycles. The standard InChI is InChI=1S/C9H13N3O2/c1-5(6-2-3-6)12-7(10)4-8(13)11-9(12)14/h4-6H,2-3,10H2,1H3,(H,11,13,14). The Labute approximate surface area is 80.6 Å². The zero-order chi connectivity index (χ0) is 10.3. The predicted octanol–water partition coefficient (Wildman–Crippen LogP) is 0.0898. The molecule has 0 bridgehead atoms. The number of hydrogen-bond donors (Lipinski definition) is 2. The quantitative estimate of drug-likeness (QED) is 0.701. The number of anilines is 1. The van der Waals surface area contributed by atoms with Gasteiger partial charge in [-0.25, -0.2) is 4.79 Å². The number of aromatic nitrogens is 2. The normalized spacial score (nSPS) is 18.1. The molecule has 76 valence electrons. The second-order valence-corrected chi connectivity index (χ2v) is 3.81. The van der Waals surface area contributed by atoms with Gasteiger partial charge in [0.25, 0.3) is 5.56 Å². The lowest BCUT2D eigenvalue weighted by atomic mass is 10.2. The monoisotopic (exact) mass is 195 g/mol. The van der Waals surface area contributed by atoms with Gasteiger partial charge < -0.3 is 5.73 Å². The Morgan fingerprint density at radius 3 is 2.71 bits per heavy atom. The zero-order valence-corrected chi connectivity index (χ0v) is 7.99. The molecule has 1 saturated carbocycles. The van der Waals surface area contributed by atoms with Crippen molar-refractivity contribution < 1.29 is 0 Å². The van der Waals surface area contributed by atoms with Crippen molar-refractivity contribution in [3.63, 3.8) is 0 Å². The molecule has 5 nitrogen and oxygen atoms in total. The highest BCUT2D eigenvalue weighted by molar-refractivity contribution is 5.27. The second kappa shape index (κ2) is 3.01. The van der Waals surface area contributed by atoms with Crippen molar-refractivity contribution in [3.05, 3.63) is 26.9 Å². The van der Waals surface area contributed by atoms with Gasteiger partial charge in [0, 0.05) is 12.1 Å². The summed E-state index contributed by atoms with van der Waals surface area (Å²) < 4.78 is 1.46. The molecule has 1 fully saturated rings. The molecular weight excluding hydrogens is 182 g/mol. The van der Waals surface area contributed by atoms with E-state index in [1.54, 1.807) is 0 Å². The summed E-state index contributed by atoms with van der Waals surface area (Å²) in [5.74, 6) is 0.777. The number of rotatable bonds is 2. The fourth-order valence-corrected chi connectivity index (χ4v) is 1.73. The van der Waals surface area contributed by atoms with Crippen molar-refractivity contribution in [1.82, 2.24) is 9.55 Å². The molecule has 1 aromatic heterocycles. The molecule has 2 rings (SSSR count). The van der Waals surface area contributed by atoms with E-state index in [2.05, 4.69) is 4.98 Å². The average molecular weight is 195 g/mol. The van der Waals surface area contributed by atoms with Crippen molar-refractivity contribution in [2.45, 2.75) is 25.8 Å². The summed E-state index contributed by atoms with van der Waals surface area (Å²) in [6.07, 6.45) is 2.26. The number of nitrogens with two attached hydrogens (primary N) is 1. The molecule has 1 unspecified atom stereocenters. The third-order valence-electron chi connectivity index (χ3n) is 2.72. The summed E-state index contributed by atoms with van der Waals surface area (Å²) in [4.78, 5) is 24.6. The van der Waals surface area contributed by atoms with Crippen molar-refractivity contribution in [2.75, 3.05) is 5.73 Å². The molecule has 1 aliphatic carbocycles. The van der Waals surface area contributed by atoms with E-state index < -0.39 is 11.2 Å². The summed E-state index contributed by atoms with van der Waals surface area (Å²) in [7, 11) is 0. The highest BCUT2D eigenvalue weighted by Gasteiger charge is 2.30. The number of nitrogen functional groups attached to an aromatic ring is 1. The third-order valence-corrected chi connectivity index (χ3v) is 2.72. The maximum absolute atomic E-state index is 11.5. The van der Waals surface area contributed by atoms with Crippen LogP contribution in [-0.2, 0) is 0 Å². The van der Waals surface area contributed by atoms with Gasteiger partial charge in [-0.15, -0.1) is 0 Å². The molecule has 0 radical (unpaired) electrons. The van der Waals surface area contributed by atoms with E-state index >= 15 is 0 Å². The summed E-state index contributed by atoms with van der Waals surface area (Å²) in [5.41, 5.74) is 4.79. The van der Waals surface area contributed by atoms with Crippen LogP contribution in [0.2, 0.25) is 0 Å². The lowest BCUT2D eigenvalue weighted by Gasteiger charge is -2.15. The summed E-state index contributed by atoms with van der Waals surface area (Å²) in [5, 5.41) is 0. The van der Waals surface area contributed by atoms with Crippen LogP contribution in [0.25, 0.3) is 0 Å². The number of nitrogens with zero attached hydrogens (tertiary/aromatic N) is 1.